The summed E-state index contributed by atoms with van der Waals surface area (Å²) in [5.74, 6) is -1.33. The molecule has 3 amide bonds. The first-order chi connectivity index (χ1) is 9.43. The highest BCUT2D eigenvalue weighted by molar-refractivity contribution is 5.96. The monoisotopic (exact) mass is 287 g/mol. The first kappa shape index (κ1) is 16.4. The Hall–Kier alpha value is -1.67. The van der Waals surface area contributed by atoms with Gasteiger partial charge in [-0.3, -0.25) is 15.0 Å². The van der Waals surface area contributed by atoms with Crippen molar-refractivity contribution >= 4 is 17.9 Å². The van der Waals surface area contributed by atoms with Gasteiger partial charge in [0.15, 0.2) is 0 Å². The summed E-state index contributed by atoms with van der Waals surface area (Å²) in [5.41, 5.74) is 0. The quantitative estimate of drug-likeness (QED) is 0.623. The average Bonchev–Trinajstić information content (AvgIpc) is 2.44. The minimum absolute atomic E-state index is 0.0865. The molecule has 0 aromatic carbocycles. The van der Waals surface area contributed by atoms with Crippen LogP contribution in [0.4, 0.5) is 4.79 Å². The number of nitrogens with one attached hydrogen (secondary N) is 2. The third kappa shape index (κ3) is 5.14. The Balaban J connectivity index is 2.34. The Labute approximate surface area is 117 Å². The summed E-state index contributed by atoms with van der Waals surface area (Å²) in [6, 6.07) is -0.936. The molecule has 20 heavy (non-hydrogen) atoms. The number of carboxylic acids is 1. The molecule has 0 aromatic rings. The molecule has 1 saturated heterocycles. The molecule has 0 saturated carbocycles. The number of rotatable bonds is 5. The molecule has 1 aliphatic heterocycles. The van der Waals surface area contributed by atoms with Gasteiger partial charge in [0.25, 0.3) is 0 Å². The van der Waals surface area contributed by atoms with Crippen molar-refractivity contribution in [3.63, 3.8) is 0 Å². The highest BCUT2D eigenvalue weighted by atomic mass is 16.5. The molecule has 0 aliphatic carbocycles. The van der Waals surface area contributed by atoms with E-state index < -0.39 is 18.0 Å². The topological polar surface area (TPSA) is 108 Å². The van der Waals surface area contributed by atoms with Crippen LogP contribution in [0.3, 0.4) is 0 Å². The first-order valence-electron chi connectivity index (χ1n) is 6.54. The number of urea groups is 1. The Morgan fingerprint density at radius 2 is 1.95 bits per heavy atom. The van der Waals surface area contributed by atoms with Gasteiger partial charge in [0.1, 0.15) is 6.61 Å². The van der Waals surface area contributed by atoms with Crippen LogP contribution in [0.1, 0.15) is 19.8 Å². The molecule has 3 N–H and O–H groups in total. The van der Waals surface area contributed by atoms with Gasteiger partial charge >= 0.3 is 12.0 Å². The number of likely N-dealkylation sites (tertiary alicyclic amines) is 1. The molecule has 1 rings (SSSR count). The maximum Gasteiger partial charge on any atom is 0.329 e. The molecule has 0 bridgehead atoms. The standard InChI is InChI=1S/C12H21N3O5/c1-8(11(18)14-12(19)13-2)15-5-3-9(4-6-15)20-7-10(16)17/h8-9H,3-7H2,1-2H3,(H,16,17)(H2,13,14,18,19). The zero-order valence-corrected chi connectivity index (χ0v) is 11.7. The van der Waals surface area contributed by atoms with Crippen molar-refractivity contribution in [3.05, 3.63) is 0 Å². The Morgan fingerprint density at radius 1 is 1.35 bits per heavy atom. The number of hydrogen-bond donors (Lipinski definition) is 3. The third-order valence-corrected chi connectivity index (χ3v) is 3.31. The molecule has 1 unspecified atom stereocenters. The highest BCUT2D eigenvalue weighted by Crippen LogP contribution is 2.16. The summed E-state index contributed by atoms with van der Waals surface area (Å²) in [7, 11) is 1.44. The summed E-state index contributed by atoms with van der Waals surface area (Å²) in [5, 5.41) is 13.1. The Morgan fingerprint density at radius 3 is 2.45 bits per heavy atom. The van der Waals surface area contributed by atoms with Crippen LogP contribution in [0.15, 0.2) is 0 Å². The second-order valence-electron chi connectivity index (χ2n) is 4.68. The van der Waals surface area contributed by atoms with Crippen LogP contribution < -0.4 is 10.6 Å². The fourth-order valence-corrected chi connectivity index (χ4v) is 2.06. The largest absolute Gasteiger partial charge is 0.480 e. The third-order valence-electron chi connectivity index (χ3n) is 3.31. The Kier molecular flexibility index (Phi) is 6.40. The lowest BCUT2D eigenvalue weighted by Crippen LogP contribution is -2.51. The van der Waals surface area contributed by atoms with E-state index in [0.717, 1.165) is 0 Å². The van der Waals surface area contributed by atoms with Crippen molar-refractivity contribution in [2.24, 2.45) is 0 Å². The van der Waals surface area contributed by atoms with Crippen LogP contribution in [-0.2, 0) is 14.3 Å². The maximum absolute atomic E-state index is 11.8. The maximum atomic E-state index is 11.8. The highest BCUT2D eigenvalue weighted by Gasteiger charge is 2.27. The van der Waals surface area contributed by atoms with Crippen LogP contribution in [-0.4, -0.2) is 66.8 Å². The summed E-state index contributed by atoms with van der Waals surface area (Å²) in [6.45, 7) is 2.70. The van der Waals surface area contributed by atoms with Gasteiger partial charge in [0.2, 0.25) is 5.91 Å². The van der Waals surface area contributed by atoms with Crippen molar-refractivity contribution in [1.29, 1.82) is 0 Å². The van der Waals surface area contributed by atoms with Gasteiger partial charge in [-0.15, -0.1) is 0 Å². The molecule has 1 fully saturated rings. The predicted molar refractivity (Wildman–Crippen MR) is 70.2 cm³/mol. The van der Waals surface area contributed by atoms with Crippen molar-refractivity contribution in [3.8, 4) is 0 Å². The van der Waals surface area contributed by atoms with Gasteiger partial charge < -0.3 is 15.2 Å². The van der Waals surface area contributed by atoms with Crippen LogP contribution >= 0.6 is 0 Å². The Bertz CT molecular complexity index is 366. The lowest BCUT2D eigenvalue weighted by Gasteiger charge is -2.34. The second kappa shape index (κ2) is 7.81. The summed E-state index contributed by atoms with van der Waals surface area (Å²) in [4.78, 5) is 35.2. The van der Waals surface area contributed by atoms with Gasteiger partial charge in [0.05, 0.1) is 12.1 Å². The van der Waals surface area contributed by atoms with Gasteiger partial charge in [-0.1, -0.05) is 0 Å². The normalized spacial score (nSPS) is 18.3. The van der Waals surface area contributed by atoms with E-state index in [2.05, 4.69) is 10.6 Å². The number of ether oxygens (including phenoxy) is 1. The zero-order chi connectivity index (χ0) is 15.1. The summed E-state index contributed by atoms with van der Waals surface area (Å²) in [6.07, 6.45) is 1.26. The fraction of sp³-hybridized carbons (Fsp3) is 0.750. The van der Waals surface area contributed by atoms with Crippen molar-refractivity contribution in [2.45, 2.75) is 31.9 Å². The van der Waals surface area contributed by atoms with E-state index in [0.29, 0.717) is 25.9 Å². The molecule has 8 nitrogen and oxygen atoms in total. The molecular formula is C12H21N3O5. The van der Waals surface area contributed by atoms with Crippen LogP contribution in [0.25, 0.3) is 0 Å². The number of hydrogen-bond acceptors (Lipinski definition) is 5. The number of piperidine rings is 1. The van der Waals surface area contributed by atoms with E-state index in [1.54, 1.807) is 6.92 Å². The van der Waals surface area contributed by atoms with Gasteiger partial charge in [-0.05, 0) is 19.8 Å². The summed E-state index contributed by atoms with van der Waals surface area (Å²) < 4.78 is 5.22. The minimum atomic E-state index is -0.981. The average molecular weight is 287 g/mol. The molecule has 114 valence electrons. The number of nitrogens with zero attached hydrogens (tertiary/aromatic N) is 1. The number of aliphatic carboxylic acids is 1. The number of carboxylic acid groups (broad SMARTS) is 1. The van der Waals surface area contributed by atoms with Gasteiger partial charge in [-0.2, -0.15) is 0 Å². The van der Waals surface area contributed by atoms with Crippen LogP contribution in [0.5, 0.6) is 0 Å². The zero-order valence-electron chi connectivity index (χ0n) is 11.7. The predicted octanol–water partition coefficient (Wildman–Crippen LogP) is -0.604. The van der Waals surface area contributed by atoms with E-state index in [1.165, 1.54) is 7.05 Å². The van der Waals surface area contributed by atoms with Gasteiger partial charge in [-0.25, -0.2) is 9.59 Å². The molecule has 0 aromatic heterocycles. The SMILES string of the molecule is CNC(=O)NC(=O)C(C)N1CCC(OCC(=O)O)CC1. The van der Waals surface area contributed by atoms with Crippen molar-refractivity contribution in [1.82, 2.24) is 15.5 Å². The number of imide groups is 1. The van der Waals surface area contributed by atoms with E-state index in [4.69, 9.17) is 9.84 Å². The van der Waals surface area contributed by atoms with E-state index >= 15 is 0 Å². The lowest BCUT2D eigenvalue weighted by atomic mass is 10.1. The molecule has 0 radical (unpaired) electrons. The van der Waals surface area contributed by atoms with Crippen LogP contribution in [0, 0.1) is 0 Å². The van der Waals surface area contributed by atoms with Crippen LogP contribution in [0.2, 0.25) is 0 Å². The van der Waals surface area contributed by atoms with E-state index in [1.807, 2.05) is 4.90 Å². The van der Waals surface area contributed by atoms with E-state index in [-0.39, 0.29) is 18.6 Å². The molecular weight excluding hydrogens is 266 g/mol. The summed E-state index contributed by atoms with van der Waals surface area (Å²) >= 11 is 0. The smallest absolute Gasteiger partial charge is 0.329 e. The molecule has 1 aliphatic rings. The second-order valence-corrected chi connectivity index (χ2v) is 4.68. The van der Waals surface area contributed by atoms with Gasteiger partial charge in [0, 0.05) is 20.1 Å². The van der Waals surface area contributed by atoms with Crippen molar-refractivity contribution < 1.29 is 24.2 Å². The van der Waals surface area contributed by atoms with E-state index in [9.17, 15) is 14.4 Å². The minimum Gasteiger partial charge on any atom is -0.480 e. The molecule has 8 heteroatoms. The lowest BCUT2D eigenvalue weighted by molar-refractivity contribution is -0.145. The fourth-order valence-electron chi connectivity index (χ4n) is 2.06. The van der Waals surface area contributed by atoms with Crippen molar-refractivity contribution in [2.75, 3.05) is 26.7 Å². The molecule has 0 spiro atoms. The number of carbonyl (C=O) groups excluding carboxylic acids is 2. The number of carbonyl (C=O) groups is 3. The molecule has 1 atom stereocenters. The molecule has 1 heterocycles. The number of amides is 3. The first-order valence-corrected chi connectivity index (χ1v) is 6.54.